The minimum atomic E-state index is -0.221. The van der Waals surface area contributed by atoms with Crippen LogP contribution in [0.1, 0.15) is 32.6 Å². The summed E-state index contributed by atoms with van der Waals surface area (Å²) in [5.41, 5.74) is 0. The Hall–Kier alpha value is -0.940. The van der Waals surface area contributed by atoms with Crippen LogP contribution in [0.3, 0.4) is 0 Å². The van der Waals surface area contributed by atoms with Crippen LogP contribution in [-0.2, 0) is 14.3 Å². The quantitative estimate of drug-likeness (QED) is 0.785. The monoisotopic (exact) mass is 254 g/mol. The molecule has 0 aromatic rings. The van der Waals surface area contributed by atoms with Crippen molar-refractivity contribution in [2.75, 3.05) is 26.3 Å². The molecule has 18 heavy (non-hydrogen) atoms. The average Bonchev–Trinajstić information content (AvgIpc) is 2.82. The predicted octanol–water partition coefficient (Wildman–Crippen LogP) is 0.335. The first-order chi connectivity index (χ1) is 8.72. The van der Waals surface area contributed by atoms with Crippen LogP contribution >= 0.6 is 0 Å². The van der Waals surface area contributed by atoms with Gasteiger partial charge >= 0.3 is 0 Å². The second kappa shape index (κ2) is 6.29. The van der Waals surface area contributed by atoms with E-state index in [2.05, 4.69) is 10.2 Å². The molecule has 1 aliphatic heterocycles. The molecule has 1 heterocycles. The van der Waals surface area contributed by atoms with E-state index in [1.165, 1.54) is 0 Å². The number of amides is 1. The molecule has 2 atom stereocenters. The fourth-order valence-electron chi connectivity index (χ4n) is 2.72. The van der Waals surface area contributed by atoms with Crippen LogP contribution in [-0.4, -0.2) is 55.0 Å². The van der Waals surface area contributed by atoms with Crippen LogP contribution in [0.4, 0.5) is 0 Å². The van der Waals surface area contributed by atoms with Crippen molar-refractivity contribution in [3.63, 3.8) is 0 Å². The van der Waals surface area contributed by atoms with Gasteiger partial charge in [0.25, 0.3) is 0 Å². The van der Waals surface area contributed by atoms with Gasteiger partial charge in [-0.15, -0.1) is 0 Å². The molecular formula is C13H22N2O3. The van der Waals surface area contributed by atoms with Gasteiger partial charge in [0.15, 0.2) is 0 Å². The minimum absolute atomic E-state index is 0.0379. The molecule has 5 heteroatoms. The molecule has 0 spiro atoms. The Balaban J connectivity index is 1.97. The molecule has 102 valence electrons. The zero-order valence-corrected chi connectivity index (χ0v) is 11.0. The molecule has 1 N–H and O–H groups in total. The van der Waals surface area contributed by atoms with Gasteiger partial charge in [-0.1, -0.05) is 6.92 Å². The molecule has 0 aromatic carbocycles. The van der Waals surface area contributed by atoms with Crippen molar-refractivity contribution in [3.8, 4) is 0 Å². The van der Waals surface area contributed by atoms with Gasteiger partial charge in [0.1, 0.15) is 11.8 Å². The van der Waals surface area contributed by atoms with Gasteiger partial charge in [-0.25, -0.2) is 0 Å². The van der Waals surface area contributed by atoms with Gasteiger partial charge in [0.2, 0.25) is 5.91 Å². The molecule has 2 unspecified atom stereocenters. The summed E-state index contributed by atoms with van der Waals surface area (Å²) < 4.78 is 5.41. The van der Waals surface area contributed by atoms with E-state index in [0.29, 0.717) is 38.4 Å². The highest BCUT2D eigenvalue weighted by Gasteiger charge is 2.37. The lowest BCUT2D eigenvalue weighted by Gasteiger charge is -2.38. The Morgan fingerprint density at radius 3 is 3.06 bits per heavy atom. The number of Topliss-reactive ketones (excluding diaryl/α,β-unsaturated/α-hetero) is 1. The summed E-state index contributed by atoms with van der Waals surface area (Å²) in [6, 6.07) is 0.0139. The van der Waals surface area contributed by atoms with Crippen molar-refractivity contribution in [2.24, 2.45) is 0 Å². The molecule has 1 aliphatic carbocycles. The molecule has 0 bridgehead atoms. The SMILES string of the molecule is CCCNC(=O)C1COCCN1C1CCC(=O)C1. The number of morpholine rings is 1. The number of ketones is 1. The van der Waals surface area contributed by atoms with Gasteiger partial charge in [-0.3, -0.25) is 14.5 Å². The molecule has 0 aromatic heterocycles. The topological polar surface area (TPSA) is 58.6 Å². The highest BCUT2D eigenvalue weighted by atomic mass is 16.5. The number of rotatable bonds is 4. The number of nitrogens with one attached hydrogen (secondary N) is 1. The smallest absolute Gasteiger partial charge is 0.239 e. The number of carbonyl (C=O) groups excluding carboxylic acids is 2. The largest absolute Gasteiger partial charge is 0.378 e. The second-order valence-corrected chi connectivity index (χ2v) is 5.05. The van der Waals surface area contributed by atoms with Crippen LogP contribution in [0.2, 0.25) is 0 Å². The molecule has 1 amide bonds. The van der Waals surface area contributed by atoms with Gasteiger partial charge in [0, 0.05) is 32.0 Å². The van der Waals surface area contributed by atoms with Gasteiger partial charge in [-0.05, 0) is 12.8 Å². The first-order valence-corrected chi connectivity index (χ1v) is 6.85. The maximum atomic E-state index is 12.1. The lowest BCUT2D eigenvalue weighted by Crippen LogP contribution is -2.56. The molecule has 2 fully saturated rings. The van der Waals surface area contributed by atoms with E-state index in [4.69, 9.17) is 4.74 Å². The number of hydrogen-bond acceptors (Lipinski definition) is 4. The number of hydrogen-bond donors (Lipinski definition) is 1. The van der Waals surface area contributed by atoms with E-state index in [0.717, 1.165) is 19.4 Å². The van der Waals surface area contributed by atoms with Gasteiger partial charge < -0.3 is 10.1 Å². The summed E-state index contributed by atoms with van der Waals surface area (Å²) in [6.07, 6.45) is 3.07. The second-order valence-electron chi connectivity index (χ2n) is 5.05. The maximum absolute atomic E-state index is 12.1. The summed E-state index contributed by atoms with van der Waals surface area (Å²) in [4.78, 5) is 25.6. The Morgan fingerprint density at radius 1 is 1.56 bits per heavy atom. The van der Waals surface area contributed by atoms with Crippen molar-refractivity contribution >= 4 is 11.7 Å². The third-order valence-corrected chi connectivity index (χ3v) is 3.71. The van der Waals surface area contributed by atoms with Crippen molar-refractivity contribution in [3.05, 3.63) is 0 Å². The number of ether oxygens (including phenoxy) is 1. The Kier molecular flexibility index (Phi) is 4.72. The third kappa shape index (κ3) is 3.09. The zero-order valence-electron chi connectivity index (χ0n) is 11.0. The molecule has 1 saturated heterocycles. The molecule has 5 nitrogen and oxygen atoms in total. The van der Waals surface area contributed by atoms with E-state index in [1.807, 2.05) is 6.92 Å². The Bertz CT molecular complexity index is 319. The van der Waals surface area contributed by atoms with E-state index < -0.39 is 0 Å². The van der Waals surface area contributed by atoms with Crippen molar-refractivity contribution in [1.29, 1.82) is 0 Å². The summed E-state index contributed by atoms with van der Waals surface area (Å²) in [6.45, 7) is 4.59. The molecule has 1 saturated carbocycles. The fourth-order valence-corrected chi connectivity index (χ4v) is 2.72. The van der Waals surface area contributed by atoms with Gasteiger partial charge in [0.05, 0.1) is 13.2 Å². The molecule has 2 aliphatic rings. The average molecular weight is 254 g/mol. The van der Waals surface area contributed by atoms with Crippen LogP contribution in [0.15, 0.2) is 0 Å². The number of carbonyl (C=O) groups is 2. The maximum Gasteiger partial charge on any atom is 0.239 e. The first kappa shape index (κ1) is 13.5. The van der Waals surface area contributed by atoms with E-state index in [1.54, 1.807) is 0 Å². The first-order valence-electron chi connectivity index (χ1n) is 6.85. The normalized spacial score (nSPS) is 29.5. The van der Waals surface area contributed by atoms with Crippen LogP contribution in [0.25, 0.3) is 0 Å². The summed E-state index contributed by atoms with van der Waals surface area (Å²) in [7, 11) is 0. The minimum Gasteiger partial charge on any atom is -0.378 e. The highest BCUT2D eigenvalue weighted by Crippen LogP contribution is 2.24. The van der Waals surface area contributed by atoms with E-state index >= 15 is 0 Å². The Labute approximate surface area is 108 Å². The standard InChI is InChI=1S/C13H22N2O3/c1-2-5-14-13(17)12-9-18-7-6-15(12)10-3-4-11(16)8-10/h10,12H,2-9H2,1H3,(H,14,17). The third-order valence-electron chi connectivity index (χ3n) is 3.71. The summed E-state index contributed by atoms with van der Waals surface area (Å²) in [5, 5.41) is 2.92. The fraction of sp³-hybridized carbons (Fsp3) is 0.846. The zero-order chi connectivity index (χ0) is 13.0. The van der Waals surface area contributed by atoms with Crippen molar-refractivity contribution in [1.82, 2.24) is 10.2 Å². The van der Waals surface area contributed by atoms with E-state index in [-0.39, 0.29) is 18.0 Å². The summed E-state index contributed by atoms with van der Waals surface area (Å²) >= 11 is 0. The summed E-state index contributed by atoms with van der Waals surface area (Å²) in [5.74, 6) is 0.357. The molecule has 2 rings (SSSR count). The number of nitrogens with zero attached hydrogens (tertiary/aromatic N) is 1. The van der Waals surface area contributed by atoms with Crippen molar-refractivity contribution in [2.45, 2.75) is 44.7 Å². The molecule has 0 radical (unpaired) electrons. The van der Waals surface area contributed by atoms with Crippen LogP contribution < -0.4 is 5.32 Å². The van der Waals surface area contributed by atoms with E-state index in [9.17, 15) is 9.59 Å². The van der Waals surface area contributed by atoms with Crippen LogP contribution in [0, 0.1) is 0 Å². The van der Waals surface area contributed by atoms with Crippen LogP contribution in [0.5, 0.6) is 0 Å². The lowest BCUT2D eigenvalue weighted by atomic mass is 10.1. The lowest BCUT2D eigenvalue weighted by molar-refractivity contribution is -0.135. The molecular weight excluding hydrogens is 232 g/mol. The Morgan fingerprint density at radius 2 is 2.39 bits per heavy atom. The highest BCUT2D eigenvalue weighted by molar-refractivity contribution is 5.83. The van der Waals surface area contributed by atoms with Gasteiger partial charge in [-0.2, -0.15) is 0 Å². The predicted molar refractivity (Wildman–Crippen MR) is 67.3 cm³/mol. The van der Waals surface area contributed by atoms with Crippen molar-refractivity contribution < 1.29 is 14.3 Å².